The zero-order chi connectivity index (χ0) is 18.2. The topological polar surface area (TPSA) is 75.7 Å². The number of rotatable bonds is 4. The molecular formula is C17H17ClN2O4S. The van der Waals surface area contributed by atoms with Crippen molar-refractivity contribution >= 4 is 38.9 Å². The van der Waals surface area contributed by atoms with E-state index in [9.17, 15) is 13.2 Å². The third-order valence-corrected chi connectivity index (χ3v) is 5.78. The van der Waals surface area contributed by atoms with Gasteiger partial charge in [0, 0.05) is 24.8 Å². The number of nitrogens with zero attached hydrogens (tertiary/aromatic N) is 1. The third-order valence-electron chi connectivity index (χ3n) is 4.11. The van der Waals surface area contributed by atoms with Crippen molar-refractivity contribution < 1.29 is 17.9 Å². The normalized spacial score (nSPS) is 14.2. The lowest BCUT2D eigenvalue weighted by Gasteiger charge is -2.26. The quantitative estimate of drug-likeness (QED) is 0.884. The van der Waals surface area contributed by atoms with Gasteiger partial charge >= 0.3 is 0 Å². The number of carbonyl (C=O) groups is 1. The summed E-state index contributed by atoms with van der Waals surface area (Å²) in [5.74, 6) is 0.454. The molecule has 1 aliphatic rings. The Hall–Kier alpha value is -2.25. The van der Waals surface area contributed by atoms with Crippen LogP contribution >= 0.6 is 11.6 Å². The number of fused-ring (bicyclic) bond motifs is 1. The van der Waals surface area contributed by atoms with Crippen molar-refractivity contribution in [1.29, 1.82) is 0 Å². The Kier molecular flexibility index (Phi) is 4.62. The Balaban J connectivity index is 1.89. The first-order valence-corrected chi connectivity index (χ1v) is 9.44. The molecule has 0 fully saturated rings. The number of anilines is 2. The Labute approximate surface area is 151 Å². The fourth-order valence-corrected chi connectivity index (χ4v) is 4.15. The van der Waals surface area contributed by atoms with Crippen LogP contribution in [0.3, 0.4) is 0 Å². The molecule has 1 aliphatic heterocycles. The van der Waals surface area contributed by atoms with Crippen molar-refractivity contribution in [3.63, 3.8) is 0 Å². The zero-order valence-corrected chi connectivity index (χ0v) is 15.3. The smallest absolute Gasteiger partial charge is 0.261 e. The monoisotopic (exact) mass is 380 g/mol. The molecule has 0 saturated carbocycles. The second-order valence-corrected chi connectivity index (χ2v) is 7.79. The summed E-state index contributed by atoms with van der Waals surface area (Å²) in [6, 6.07) is 9.40. The molecule has 3 rings (SSSR count). The molecule has 6 nitrogen and oxygen atoms in total. The van der Waals surface area contributed by atoms with Gasteiger partial charge in [-0.1, -0.05) is 11.6 Å². The highest BCUT2D eigenvalue weighted by molar-refractivity contribution is 7.92. The predicted octanol–water partition coefficient (Wildman–Crippen LogP) is 3.06. The molecule has 1 amide bonds. The van der Waals surface area contributed by atoms with Gasteiger partial charge in [-0.2, -0.15) is 0 Å². The van der Waals surface area contributed by atoms with E-state index in [0.29, 0.717) is 24.3 Å². The molecule has 0 atom stereocenters. The van der Waals surface area contributed by atoms with E-state index >= 15 is 0 Å². The molecule has 0 saturated heterocycles. The molecule has 1 heterocycles. The highest BCUT2D eigenvalue weighted by atomic mass is 35.5. The van der Waals surface area contributed by atoms with Crippen molar-refractivity contribution in [1.82, 2.24) is 0 Å². The summed E-state index contributed by atoms with van der Waals surface area (Å²) in [7, 11) is -0.610. The van der Waals surface area contributed by atoms with E-state index in [1.807, 2.05) is 0 Å². The molecule has 0 aromatic heterocycles. The summed E-state index contributed by atoms with van der Waals surface area (Å²) in [5, 5.41) is 0.218. The number of amides is 1. The van der Waals surface area contributed by atoms with Crippen molar-refractivity contribution in [2.75, 3.05) is 23.8 Å². The Morgan fingerprint density at radius 1 is 1.16 bits per heavy atom. The number of nitrogens with one attached hydrogen (secondary N) is 1. The minimum atomic E-state index is -3.78. The molecule has 25 heavy (non-hydrogen) atoms. The van der Waals surface area contributed by atoms with Crippen LogP contribution in [-0.2, 0) is 21.2 Å². The average Bonchev–Trinajstić information content (AvgIpc) is 2.58. The van der Waals surface area contributed by atoms with Gasteiger partial charge in [-0.25, -0.2) is 8.42 Å². The van der Waals surface area contributed by atoms with Gasteiger partial charge in [-0.3, -0.25) is 9.52 Å². The molecule has 2 aromatic carbocycles. The fourth-order valence-electron chi connectivity index (χ4n) is 2.75. The van der Waals surface area contributed by atoms with Crippen LogP contribution in [0.15, 0.2) is 41.3 Å². The minimum absolute atomic E-state index is 0.0447. The molecular weight excluding hydrogens is 364 g/mol. The van der Waals surface area contributed by atoms with Crippen LogP contribution in [0.5, 0.6) is 5.75 Å². The lowest BCUT2D eigenvalue weighted by molar-refractivity contribution is -0.118. The molecule has 1 N–H and O–H groups in total. The first kappa shape index (κ1) is 17.6. The number of carbonyl (C=O) groups excluding carboxylic acids is 1. The Morgan fingerprint density at radius 3 is 2.60 bits per heavy atom. The molecule has 0 radical (unpaired) electrons. The van der Waals surface area contributed by atoms with Gasteiger partial charge in [0.2, 0.25) is 5.91 Å². The summed E-state index contributed by atoms with van der Waals surface area (Å²) >= 11 is 6.01. The second kappa shape index (κ2) is 6.57. The van der Waals surface area contributed by atoms with Crippen LogP contribution in [0.25, 0.3) is 0 Å². The summed E-state index contributed by atoms with van der Waals surface area (Å²) in [6.45, 7) is 0. The highest BCUT2D eigenvalue weighted by Gasteiger charge is 2.22. The van der Waals surface area contributed by atoms with E-state index in [-0.39, 0.29) is 15.8 Å². The van der Waals surface area contributed by atoms with Gasteiger partial charge in [0.25, 0.3) is 10.0 Å². The van der Waals surface area contributed by atoms with E-state index < -0.39 is 10.0 Å². The van der Waals surface area contributed by atoms with Crippen molar-refractivity contribution in [3.8, 4) is 5.75 Å². The highest BCUT2D eigenvalue weighted by Crippen LogP contribution is 2.31. The van der Waals surface area contributed by atoms with Crippen molar-refractivity contribution in [2.24, 2.45) is 0 Å². The largest absolute Gasteiger partial charge is 0.495 e. The zero-order valence-electron chi connectivity index (χ0n) is 13.7. The van der Waals surface area contributed by atoms with Crippen LogP contribution in [0.2, 0.25) is 5.02 Å². The number of hydrogen-bond acceptors (Lipinski definition) is 4. The molecule has 0 aliphatic carbocycles. The van der Waals surface area contributed by atoms with Crippen molar-refractivity contribution in [3.05, 3.63) is 47.0 Å². The number of halogens is 1. The van der Waals surface area contributed by atoms with Crippen LogP contribution in [0.1, 0.15) is 12.0 Å². The number of sulfonamides is 1. The van der Waals surface area contributed by atoms with Crippen LogP contribution < -0.4 is 14.4 Å². The second-order valence-electron chi connectivity index (χ2n) is 5.70. The first-order valence-electron chi connectivity index (χ1n) is 7.57. The maximum atomic E-state index is 12.6. The summed E-state index contributed by atoms with van der Waals surface area (Å²) in [6.07, 6.45) is 0.996. The molecule has 132 valence electrons. The van der Waals surface area contributed by atoms with Gasteiger partial charge in [-0.05, 0) is 48.4 Å². The maximum Gasteiger partial charge on any atom is 0.261 e. The lowest BCUT2D eigenvalue weighted by Crippen LogP contribution is -2.31. The Bertz CT molecular complexity index is 944. The Morgan fingerprint density at radius 2 is 1.92 bits per heavy atom. The summed E-state index contributed by atoms with van der Waals surface area (Å²) in [4.78, 5) is 13.4. The molecule has 8 heteroatoms. The van der Waals surface area contributed by atoms with E-state index in [1.54, 1.807) is 30.1 Å². The number of aryl methyl sites for hydroxylation is 1. The minimum Gasteiger partial charge on any atom is -0.495 e. The molecule has 0 spiro atoms. The predicted molar refractivity (Wildman–Crippen MR) is 97.0 cm³/mol. The molecule has 0 unspecified atom stereocenters. The number of hydrogen-bond donors (Lipinski definition) is 1. The first-order chi connectivity index (χ1) is 11.8. The van der Waals surface area contributed by atoms with Gasteiger partial charge < -0.3 is 9.64 Å². The third kappa shape index (κ3) is 3.43. The van der Waals surface area contributed by atoms with Gasteiger partial charge in [0.1, 0.15) is 5.75 Å². The van der Waals surface area contributed by atoms with E-state index in [1.165, 1.54) is 25.3 Å². The van der Waals surface area contributed by atoms with E-state index in [2.05, 4.69) is 4.72 Å². The standard InChI is InChI=1S/C17H17ClN2O4S/c1-20-15-6-4-12(9-11(15)3-8-17(20)21)19-25(22,23)13-5-7-16(24-2)14(18)10-13/h4-7,9-10,19H,3,8H2,1-2H3. The number of ether oxygens (including phenoxy) is 1. The molecule has 0 bridgehead atoms. The van der Waals surface area contributed by atoms with Crippen molar-refractivity contribution in [2.45, 2.75) is 17.7 Å². The average molecular weight is 381 g/mol. The SMILES string of the molecule is COc1ccc(S(=O)(=O)Nc2ccc3c(c2)CCC(=O)N3C)cc1Cl. The maximum absolute atomic E-state index is 12.6. The number of methoxy groups -OCH3 is 1. The van der Waals surface area contributed by atoms with Crippen LogP contribution in [0, 0.1) is 0 Å². The fraction of sp³-hybridized carbons (Fsp3) is 0.235. The molecule has 2 aromatic rings. The van der Waals surface area contributed by atoms with Crippen LogP contribution in [0.4, 0.5) is 11.4 Å². The summed E-state index contributed by atoms with van der Waals surface area (Å²) in [5.41, 5.74) is 2.16. The van der Waals surface area contributed by atoms with E-state index in [4.69, 9.17) is 16.3 Å². The number of benzene rings is 2. The van der Waals surface area contributed by atoms with Crippen LogP contribution in [-0.4, -0.2) is 28.5 Å². The van der Waals surface area contributed by atoms with Gasteiger partial charge in [-0.15, -0.1) is 0 Å². The van der Waals surface area contributed by atoms with E-state index in [0.717, 1.165) is 11.3 Å². The van der Waals surface area contributed by atoms with Gasteiger partial charge in [0.15, 0.2) is 0 Å². The van der Waals surface area contributed by atoms with Gasteiger partial charge in [0.05, 0.1) is 17.0 Å². The lowest BCUT2D eigenvalue weighted by atomic mass is 10.0. The summed E-state index contributed by atoms with van der Waals surface area (Å²) < 4.78 is 32.7.